The molecule has 0 aromatic carbocycles. The number of halogens is 1. The molecule has 1 saturated carbocycles. The first-order valence-corrected chi connectivity index (χ1v) is 7.54. The van der Waals surface area contributed by atoms with Gasteiger partial charge in [0, 0.05) is 30.2 Å². The van der Waals surface area contributed by atoms with E-state index in [1.165, 1.54) is 32.1 Å². The van der Waals surface area contributed by atoms with Crippen molar-refractivity contribution in [1.29, 1.82) is 0 Å². The number of nitrogens with one attached hydrogen (secondary N) is 1. The van der Waals surface area contributed by atoms with Gasteiger partial charge in [-0.15, -0.1) is 11.6 Å². The van der Waals surface area contributed by atoms with Crippen molar-refractivity contribution in [1.82, 2.24) is 15.1 Å². The number of hydrogen-bond acceptors (Lipinski definition) is 2. The van der Waals surface area contributed by atoms with Crippen molar-refractivity contribution in [3.05, 3.63) is 18.0 Å². The number of alkyl halides is 1. The zero-order chi connectivity index (χ0) is 13.0. The van der Waals surface area contributed by atoms with Gasteiger partial charge >= 0.3 is 0 Å². The summed E-state index contributed by atoms with van der Waals surface area (Å²) in [6.45, 7) is 5.11. The second kappa shape index (κ2) is 6.07. The van der Waals surface area contributed by atoms with Crippen molar-refractivity contribution >= 4 is 11.6 Å². The van der Waals surface area contributed by atoms with Gasteiger partial charge in [-0.3, -0.25) is 4.68 Å². The van der Waals surface area contributed by atoms with Crippen LogP contribution in [0.15, 0.2) is 12.3 Å². The minimum Gasteiger partial charge on any atom is -0.304 e. The van der Waals surface area contributed by atoms with Crippen LogP contribution in [0.4, 0.5) is 0 Å². The molecule has 2 rings (SSSR count). The monoisotopic (exact) mass is 269 g/mol. The van der Waals surface area contributed by atoms with Crippen molar-refractivity contribution in [3.8, 4) is 0 Å². The zero-order valence-corrected chi connectivity index (χ0v) is 12.2. The quantitative estimate of drug-likeness (QED) is 0.830. The van der Waals surface area contributed by atoms with Crippen LogP contribution in [0.3, 0.4) is 0 Å². The third kappa shape index (κ3) is 3.27. The van der Waals surface area contributed by atoms with E-state index in [1.807, 2.05) is 4.68 Å². The highest BCUT2D eigenvalue weighted by Gasteiger charge is 2.30. The molecule has 3 nitrogen and oxygen atoms in total. The molecule has 18 heavy (non-hydrogen) atoms. The number of nitrogens with zero attached hydrogens (tertiary/aromatic N) is 2. The fourth-order valence-corrected chi connectivity index (χ4v) is 2.99. The summed E-state index contributed by atoms with van der Waals surface area (Å²) >= 11 is 6.17. The Labute approximate surface area is 115 Å². The lowest BCUT2D eigenvalue weighted by Crippen LogP contribution is -2.48. The fourth-order valence-electron chi connectivity index (χ4n) is 2.62. The lowest BCUT2D eigenvalue weighted by atomic mass is 9.83. The van der Waals surface area contributed by atoms with Crippen molar-refractivity contribution < 1.29 is 0 Å². The molecule has 0 aliphatic heterocycles. The number of aromatic nitrogens is 2. The second-order valence-electron chi connectivity index (χ2n) is 5.71. The molecule has 0 spiro atoms. The third-order valence-corrected chi connectivity index (χ3v) is 4.42. The molecule has 1 fully saturated rings. The van der Waals surface area contributed by atoms with Gasteiger partial charge in [-0.1, -0.05) is 19.3 Å². The van der Waals surface area contributed by atoms with Crippen molar-refractivity contribution in [2.24, 2.45) is 0 Å². The van der Waals surface area contributed by atoms with E-state index in [-0.39, 0.29) is 5.54 Å². The van der Waals surface area contributed by atoms with Gasteiger partial charge in [0.2, 0.25) is 0 Å². The maximum Gasteiger partial charge on any atom is 0.0762 e. The molecule has 1 aliphatic rings. The normalized spacial score (nSPS) is 19.3. The average molecular weight is 270 g/mol. The minimum atomic E-state index is 0.140. The second-order valence-corrected chi connectivity index (χ2v) is 5.98. The van der Waals surface area contributed by atoms with E-state index >= 15 is 0 Å². The first kappa shape index (κ1) is 13.9. The van der Waals surface area contributed by atoms with Crippen LogP contribution in [0, 0.1) is 0 Å². The summed E-state index contributed by atoms with van der Waals surface area (Å²) in [7, 11) is 0. The maximum atomic E-state index is 6.17. The SMILES string of the molecule is CC(C)n1ccc(CNC2(CCl)CCCCC2)n1. The van der Waals surface area contributed by atoms with E-state index in [4.69, 9.17) is 11.6 Å². The van der Waals surface area contributed by atoms with Gasteiger partial charge in [0.1, 0.15) is 0 Å². The van der Waals surface area contributed by atoms with Gasteiger partial charge in [-0.25, -0.2) is 0 Å². The van der Waals surface area contributed by atoms with E-state index in [1.54, 1.807) is 0 Å². The van der Waals surface area contributed by atoms with Crippen molar-refractivity contribution in [2.75, 3.05) is 5.88 Å². The van der Waals surface area contributed by atoms with Gasteiger partial charge < -0.3 is 5.32 Å². The summed E-state index contributed by atoms with van der Waals surface area (Å²) < 4.78 is 2.01. The van der Waals surface area contributed by atoms with Crippen LogP contribution >= 0.6 is 11.6 Å². The highest BCUT2D eigenvalue weighted by molar-refractivity contribution is 6.18. The van der Waals surface area contributed by atoms with Gasteiger partial charge in [0.25, 0.3) is 0 Å². The van der Waals surface area contributed by atoms with E-state index < -0.39 is 0 Å². The van der Waals surface area contributed by atoms with E-state index in [2.05, 4.69) is 36.5 Å². The molecule has 1 N–H and O–H groups in total. The van der Waals surface area contributed by atoms with Gasteiger partial charge in [0.15, 0.2) is 0 Å². The third-order valence-electron chi connectivity index (χ3n) is 3.90. The molecule has 1 aromatic rings. The smallest absolute Gasteiger partial charge is 0.0762 e. The van der Waals surface area contributed by atoms with Crippen LogP contribution in [0.1, 0.15) is 57.7 Å². The standard InChI is InChI=1S/C14H24ClN3/c1-12(2)18-9-6-13(17-18)10-16-14(11-15)7-4-3-5-8-14/h6,9,12,16H,3-5,7-8,10-11H2,1-2H3. The lowest BCUT2D eigenvalue weighted by molar-refractivity contribution is 0.255. The largest absolute Gasteiger partial charge is 0.304 e. The Morgan fingerprint density at radius 1 is 1.39 bits per heavy atom. The van der Waals surface area contributed by atoms with Gasteiger partial charge in [-0.2, -0.15) is 5.10 Å². The van der Waals surface area contributed by atoms with E-state index in [0.717, 1.165) is 12.2 Å². The molecule has 0 radical (unpaired) electrons. The summed E-state index contributed by atoms with van der Waals surface area (Å²) in [6, 6.07) is 2.52. The van der Waals surface area contributed by atoms with E-state index in [9.17, 15) is 0 Å². The molecule has 0 saturated heterocycles. The molecule has 0 amide bonds. The molecule has 1 heterocycles. The summed E-state index contributed by atoms with van der Waals surface area (Å²) in [5, 5.41) is 8.22. The molecular weight excluding hydrogens is 246 g/mol. The van der Waals surface area contributed by atoms with E-state index in [0.29, 0.717) is 11.9 Å². The Morgan fingerprint density at radius 2 is 2.11 bits per heavy atom. The van der Waals surface area contributed by atoms with Crippen LogP contribution < -0.4 is 5.32 Å². The van der Waals surface area contributed by atoms with Gasteiger partial charge in [-0.05, 0) is 32.8 Å². The summed E-state index contributed by atoms with van der Waals surface area (Å²) in [5.41, 5.74) is 1.25. The Balaban J connectivity index is 1.92. The Kier molecular flexibility index (Phi) is 4.68. The summed E-state index contributed by atoms with van der Waals surface area (Å²) in [5.74, 6) is 0.706. The highest BCUT2D eigenvalue weighted by Crippen LogP contribution is 2.29. The Hall–Kier alpha value is -0.540. The van der Waals surface area contributed by atoms with Crippen LogP contribution in [-0.2, 0) is 6.54 Å². The van der Waals surface area contributed by atoms with Crippen molar-refractivity contribution in [3.63, 3.8) is 0 Å². The Morgan fingerprint density at radius 3 is 2.67 bits per heavy atom. The summed E-state index contributed by atoms with van der Waals surface area (Å²) in [4.78, 5) is 0. The van der Waals surface area contributed by atoms with Crippen LogP contribution in [0.2, 0.25) is 0 Å². The first-order valence-electron chi connectivity index (χ1n) is 7.00. The lowest BCUT2D eigenvalue weighted by Gasteiger charge is -2.36. The van der Waals surface area contributed by atoms with Crippen molar-refractivity contribution in [2.45, 2.75) is 64.1 Å². The highest BCUT2D eigenvalue weighted by atomic mass is 35.5. The van der Waals surface area contributed by atoms with Gasteiger partial charge in [0.05, 0.1) is 5.69 Å². The topological polar surface area (TPSA) is 29.9 Å². The molecule has 0 unspecified atom stereocenters. The molecule has 0 bridgehead atoms. The molecule has 102 valence electrons. The fraction of sp³-hybridized carbons (Fsp3) is 0.786. The average Bonchev–Trinajstić information content (AvgIpc) is 2.87. The minimum absolute atomic E-state index is 0.140. The summed E-state index contributed by atoms with van der Waals surface area (Å²) in [6.07, 6.45) is 8.38. The molecular formula is C14H24ClN3. The number of rotatable bonds is 5. The first-order chi connectivity index (χ1) is 8.65. The molecule has 4 heteroatoms. The maximum absolute atomic E-state index is 6.17. The predicted molar refractivity (Wildman–Crippen MR) is 76.0 cm³/mol. The zero-order valence-electron chi connectivity index (χ0n) is 11.5. The molecule has 0 atom stereocenters. The Bertz CT molecular complexity index is 367. The molecule has 1 aromatic heterocycles. The van der Waals surface area contributed by atoms with Crippen LogP contribution in [0.25, 0.3) is 0 Å². The van der Waals surface area contributed by atoms with Crippen LogP contribution in [0.5, 0.6) is 0 Å². The predicted octanol–water partition coefficient (Wildman–Crippen LogP) is 3.50. The molecule has 1 aliphatic carbocycles. The number of hydrogen-bond donors (Lipinski definition) is 1. The van der Waals surface area contributed by atoms with Crippen LogP contribution in [-0.4, -0.2) is 21.2 Å².